The van der Waals surface area contributed by atoms with Gasteiger partial charge < -0.3 is 15.0 Å². The van der Waals surface area contributed by atoms with Crippen LogP contribution in [-0.4, -0.2) is 35.3 Å². The highest BCUT2D eigenvalue weighted by molar-refractivity contribution is 5.60. The lowest BCUT2D eigenvalue weighted by Gasteiger charge is -2.36. The topological polar surface area (TPSA) is 74.1 Å². The molecular weight excluding hydrogens is 326 g/mol. The van der Waals surface area contributed by atoms with Crippen molar-refractivity contribution >= 4 is 11.5 Å². The van der Waals surface area contributed by atoms with Gasteiger partial charge in [0.05, 0.1) is 29.2 Å². The van der Waals surface area contributed by atoms with Crippen LogP contribution in [-0.2, 0) is 11.3 Å². The molecule has 0 amide bonds. The van der Waals surface area contributed by atoms with Gasteiger partial charge in [0.2, 0.25) is 0 Å². The Morgan fingerprint density at radius 2 is 2.00 bits per heavy atom. The number of morpholine rings is 1. The maximum atomic E-state index is 9.35. The highest BCUT2D eigenvalue weighted by Crippen LogP contribution is 2.21. The third-order valence-corrected chi connectivity index (χ3v) is 4.48. The molecule has 6 heteroatoms. The predicted molar refractivity (Wildman–Crippen MR) is 102 cm³/mol. The molecule has 1 aliphatic rings. The Morgan fingerprint density at radius 3 is 2.62 bits per heavy atom. The summed E-state index contributed by atoms with van der Waals surface area (Å²) in [6, 6.07) is 8.26. The molecule has 0 radical (unpaired) electrons. The predicted octanol–water partition coefficient (Wildman–Crippen LogP) is 3.19. The minimum atomic E-state index is 0.212. The third kappa shape index (κ3) is 4.12. The zero-order valence-electron chi connectivity index (χ0n) is 15.8. The monoisotopic (exact) mass is 351 g/mol. The van der Waals surface area contributed by atoms with Crippen LogP contribution in [0.3, 0.4) is 0 Å². The van der Waals surface area contributed by atoms with Crippen molar-refractivity contribution in [1.29, 1.82) is 5.26 Å². The van der Waals surface area contributed by atoms with E-state index < -0.39 is 0 Å². The van der Waals surface area contributed by atoms with Gasteiger partial charge in [0.15, 0.2) is 0 Å². The Labute approximate surface area is 154 Å². The molecule has 6 nitrogen and oxygen atoms in total. The van der Waals surface area contributed by atoms with E-state index in [0.717, 1.165) is 41.5 Å². The zero-order valence-corrected chi connectivity index (χ0v) is 15.8. The zero-order chi connectivity index (χ0) is 18.7. The molecule has 0 bridgehead atoms. The Hall–Kier alpha value is -2.65. The van der Waals surface area contributed by atoms with E-state index in [1.807, 2.05) is 26.1 Å². The van der Waals surface area contributed by atoms with Crippen molar-refractivity contribution in [2.45, 2.75) is 46.4 Å². The summed E-state index contributed by atoms with van der Waals surface area (Å²) in [6.45, 7) is 10.3. The largest absolute Gasteiger partial charge is 0.380 e. The second-order valence-corrected chi connectivity index (χ2v) is 6.92. The van der Waals surface area contributed by atoms with Gasteiger partial charge >= 0.3 is 0 Å². The molecule has 3 heterocycles. The van der Waals surface area contributed by atoms with E-state index in [-0.39, 0.29) is 12.2 Å². The molecule has 2 aromatic rings. The molecule has 3 rings (SSSR count). The van der Waals surface area contributed by atoms with Crippen LogP contribution in [0.4, 0.5) is 11.5 Å². The molecule has 136 valence electrons. The lowest BCUT2D eigenvalue weighted by atomic mass is 10.1. The number of aromatic nitrogens is 2. The summed E-state index contributed by atoms with van der Waals surface area (Å²) in [5.41, 5.74) is 4.13. The minimum Gasteiger partial charge on any atom is -0.380 e. The summed E-state index contributed by atoms with van der Waals surface area (Å²) >= 11 is 0. The quantitative estimate of drug-likeness (QED) is 0.912. The van der Waals surface area contributed by atoms with E-state index in [0.29, 0.717) is 12.1 Å². The summed E-state index contributed by atoms with van der Waals surface area (Å²) in [4.78, 5) is 11.2. The van der Waals surface area contributed by atoms with Crippen molar-refractivity contribution in [3.05, 3.63) is 46.9 Å². The summed E-state index contributed by atoms with van der Waals surface area (Å²) in [7, 11) is 0. The van der Waals surface area contributed by atoms with Gasteiger partial charge in [-0.3, -0.25) is 4.98 Å². The van der Waals surface area contributed by atoms with Crippen LogP contribution in [0.1, 0.15) is 36.4 Å². The fraction of sp³-hybridized carbons (Fsp3) is 0.450. The Balaban J connectivity index is 1.68. The number of hydrogen-bond donors (Lipinski definition) is 1. The van der Waals surface area contributed by atoms with Crippen LogP contribution in [0.25, 0.3) is 0 Å². The van der Waals surface area contributed by atoms with E-state index in [1.165, 1.54) is 0 Å². The normalized spacial score (nSPS) is 19.9. The first-order valence-corrected chi connectivity index (χ1v) is 8.94. The van der Waals surface area contributed by atoms with E-state index in [1.54, 1.807) is 0 Å². The summed E-state index contributed by atoms with van der Waals surface area (Å²) in [5, 5.41) is 12.7. The van der Waals surface area contributed by atoms with E-state index in [9.17, 15) is 5.26 Å². The summed E-state index contributed by atoms with van der Waals surface area (Å²) < 4.78 is 5.78. The maximum Gasteiger partial charge on any atom is 0.128 e. The summed E-state index contributed by atoms with van der Waals surface area (Å²) in [6.07, 6.45) is 2.31. The van der Waals surface area contributed by atoms with Crippen molar-refractivity contribution in [3.8, 4) is 6.07 Å². The highest BCUT2D eigenvalue weighted by atomic mass is 16.5. The fourth-order valence-electron chi connectivity index (χ4n) is 3.38. The Kier molecular flexibility index (Phi) is 5.38. The smallest absolute Gasteiger partial charge is 0.128 e. The molecular formula is C20H25N5O. The van der Waals surface area contributed by atoms with Gasteiger partial charge in [-0.15, -0.1) is 0 Å². The van der Waals surface area contributed by atoms with E-state index >= 15 is 0 Å². The first kappa shape index (κ1) is 18.2. The number of nitrogens with one attached hydrogen (secondary N) is 1. The van der Waals surface area contributed by atoms with Crippen molar-refractivity contribution < 1.29 is 4.74 Å². The second kappa shape index (κ2) is 7.71. The van der Waals surface area contributed by atoms with Crippen LogP contribution in [0, 0.1) is 25.2 Å². The number of ether oxygens (including phenoxy) is 1. The van der Waals surface area contributed by atoms with Crippen molar-refractivity contribution in [1.82, 2.24) is 9.97 Å². The number of nitrogens with zero attached hydrogens (tertiary/aromatic N) is 4. The number of nitriles is 1. The van der Waals surface area contributed by atoms with Gasteiger partial charge in [0.1, 0.15) is 11.9 Å². The molecule has 0 spiro atoms. The van der Waals surface area contributed by atoms with Crippen molar-refractivity contribution in [2.75, 3.05) is 23.3 Å². The van der Waals surface area contributed by atoms with Crippen molar-refractivity contribution in [2.24, 2.45) is 0 Å². The molecule has 2 unspecified atom stereocenters. The molecule has 1 aliphatic heterocycles. The van der Waals surface area contributed by atoms with E-state index in [2.05, 4.69) is 52.2 Å². The van der Waals surface area contributed by atoms with Crippen LogP contribution in [0.5, 0.6) is 0 Å². The molecule has 0 saturated carbocycles. The van der Waals surface area contributed by atoms with Gasteiger partial charge in [-0.1, -0.05) is 6.07 Å². The summed E-state index contributed by atoms with van der Waals surface area (Å²) in [5.74, 6) is 0.976. The number of hydrogen-bond acceptors (Lipinski definition) is 6. The van der Waals surface area contributed by atoms with Crippen LogP contribution >= 0.6 is 0 Å². The number of pyridine rings is 2. The lowest BCUT2D eigenvalue weighted by molar-refractivity contribution is -0.00545. The highest BCUT2D eigenvalue weighted by Gasteiger charge is 2.22. The fourth-order valence-corrected chi connectivity index (χ4v) is 3.38. The Morgan fingerprint density at radius 1 is 1.27 bits per heavy atom. The van der Waals surface area contributed by atoms with Gasteiger partial charge in [0.25, 0.3) is 0 Å². The molecule has 0 aromatic carbocycles. The maximum absolute atomic E-state index is 9.35. The number of anilines is 2. The average molecular weight is 351 g/mol. The third-order valence-electron chi connectivity index (χ3n) is 4.48. The first-order chi connectivity index (χ1) is 12.5. The Bertz CT molecular complexity index is 802. The minimum absolute atomic E-state index is 0.212. The van der Waals surface area contributed by atoms with Crippen LogP contribution in [0.15, 0.2) is 24.4 Å². The van der Waals surface area contributed by atoms with Gasteiger partial charge in [0, 0.05) is 31.5 Å². The standard InChI is InChI=1S/C20H25N5O/c1-13-7-19(18(8-21)16(4)24-13)22-9-17-5-6-20(23-10-17)25-11-14(2)26-15(3)12-25/h5-7,10,14-15H,9,11-12H2,1-4H3,(H,22,24). The van der Waals surface area contributed by atoms with Crippen LogP contribution < -0.4 is 10.2 Å². The van der Waals surface area contributed by atoms with Gasteiger partial charge in [-0.05, 0) is 45.4 Å². The van der Waals surface area contributed by atoms with E-state index in [4.69, 9.17) is 4.74 Å². The van der Waals surface area contributed by atoms with Crippen LogP contribution in [0.2, 0.25) is 0 Å². The van der Waals surface area contributed by atoms with Gasteiger partial charge in [-0.25, -0.2) is 4.98 Å². The molecule has 0 aliphatic carbocycles. The number of rotatable bonds is 4. The van der Waals surface area contributed by atoms with Gasteiger partial charge in [-0.2, -0.15) is 5.26 Å². The first-order valence-electron chi connectivity index (χ1n) is 8.94. The molecule has 1 fully saturated rings. The number of aryl methyl sites for hydroxylation is 2. The molecule has 26 heavy (non-hydrogen) atoms. The molecule has 2 atom stereocenters. The lowest BCUT2D eigenvalue weighted by Crippen LogP contribution is -2.45. The molecule has 1 N–H and O–H groups in total. The molecule has 1 saturated heterocycles. The SMILES string of the molecule is Cc1cc(NCc2ccc(N3CC(C)OC(C)C3)nc2)c(C#N)c(C)n1. The second-order valence-electron chi connectivity index (χ2n) is 6.92. The molecule has 2 aromatic heterocycles. The van der Waals surface area contributed by atoms with Crippen molar-refractivity contribution in [3.63, 3.8) is 0 Å². The average Bonchev–Trinajstić information content (AvgIpc) is 2.59.